The number of anilines is 1. The maximum absolute atomic E-state index is 12.7. The van der Waals surface area contributed by atoms with Crippen LogP contribution >= 0.6 is 0 Å². The molecule has 0 saturated carbocycles. The maximum Gasteiger partial charge on any atom is 0.573 e. The highest BCUT2D eigenvalue weighted by molar-refractivity contribution is 5.85. The summed E-state index contributed by atoms with van der Waals surface area (Å²) in [4.78, 5) is 22.3. The van der Waals surface area contributed by atoms with Crippen molar-refractivity contribution in [3.05, 3.63) is 77.9 Å². The Morgan fingerprint density at radius 3 is 2.63 bits per heavy atom. The van der Waals surface area contributed by atoms with Gasteiger partial charge in [0.1, 0.15) is 34.2 Å². The summed E-state index contributed by atoms with van der Waals surface area (Å²) in [6, 6.07) is 12.2. The third-order valence-electron chi connectivity index (χ3n) is 6.93. The monoisotopic (exact) mass is 525 g/mol. The average Bonchev–Trinajstić information content (AvgIpc) is 3.29. The van der Waals surface area contributed by atoms with Gasteiger partial charge in [-0.25, -0.2) is 9.97 Å². The first-order valence-corrected chi connectivity index (χ1v) is 12.1. The van der Waals surface area contributed by atoms with Gasteiger partial charge in [-0.1, -0.05) is 36.4 Å². The first-order valence-electron chi connectivity index (χ1n) is 12.1. The lowest BCUT2D eigenvalue weighted by atomic mass is 9.87. The topological polar surface area (TPSA) is 106 Å². The Balaban J connectivity index is 1.50. The summed E-state index contributed by atoms with van der Waals surface area (Å²) in [6.45, 7) is 2.78. The molecule has 1 fully saturated rings. The van der Waals surface area contributed by atoms with Gasteiger partial charge in [-0.3, -0.25) is 9.20 Å². The lowest BCUT2D eigenvalue weighted by molar-refractivity contribution is -0.274. The fraction of sp³-hybridized carbons (Fsp3) is 0.296. The summed E-state index contributed by atoms with van der Waals surface area (Å²) in [7, 11) is 0. The molecule has 1 saturated heterocycles. The number of amides is 1. The molecule has 1 aliphatic rings. The highest BCUT2D eigenvalue weighted by Gasteiger charge is 2.33. The Morgan fingerprint density at radius 2 is 1.92 bits per heavy atom. The lowest BCUT2D eigenvalue weighted by Crippen LogP contribution is -2.33. The number of rotatable bonds is 6. The van der Waals surface area contributed by atoms with E-state index in [0.29, 0.717) is 35.7 Å². The largest absolute Gasteiger partial charge is 0.573 e. The fourth-order valence-corrected chi connectivity index (χ4v) is 5.00. The number of imidazole rings is 1. The second-order valence-corrected chi connectivity index (χ2v) is 9.51. The molecule has 0 aliphatic carbocycles. The number of nitrogens with zero attached hydrogens (tertiary/aromatic N) is 4. The van der Waals surface area contributed by atoms with E-state index in [1.165, 1.54) is 25.1 Å². The second kappa shape index (κ2) is 9.64. The van der Waals surface area contributed by atoms with Crippen molar-refractivity contribution in [3.63, 3.8) is 0 Å². The van der Waals surface area contributed by atoms with Crippen LogP contribution in [0.5, 0.6) is 5.75 Å². The third-order valence-corrected chi connectivity index (χ3v) is 6.93. The number of nitrogens with two attached hydrogens (primary N) is 1. The van der Waals surface area contributed by atoms with Gasteiger partial charge in [0.05, 0.1) is 0 Å². The molecule has 5 rings (SSSR count). The fourth-order valence-electron chi connectivity index (χ4n) is 5.00. The molecule has 38 heavy (non-hydrogen) atoms. The number of benzene rings is 2. The quantitative estimate of drug-likeness (QED) is 0.360. The molecule has 11 heteroatoms. The van der Waals surface area contributed by atoms with Crippen LogP contribution in [-0.2, 0) is 10.4 Å². The van der Waals surface area contributed by atoms with E-state index in [2.05, 4.69) is 9.72 Å². The van der Waals surface area contributed by atoms with Crippen LogP contribution in [0, 0.1) is 0 Å². The summed E-state index contributed by atoms with van der Waals surface area (Å²) >= 11 is 0. The van der Waals surface area contributed by atoms with E-state index in [-0.39, 0.29) is 11.5 Å². The van der Waals surface area contributed by atoms with Gasteiger partial charge in [0.15, 0.2) is 0 Å². The Bertz CT molecular complexity index is 1470. The molecular weight excluding hydrogens is 499 g/mol. The van der Waals surface area contributed by atoms with Crippen molar-refractivity contribution < 1.29 is 27.8 Å². The summed E-state index contributed by atoms with van der Waals surface area (Å²) < 4.78 is 43.9. The van der Waals surface area contributed by atoms with Crippen LogP contribution in [0.1, 0.15) is 42.6 Å². The smallest absolute Gasteiger partial charge is 0.406 e. The number of aliphatic hydroxyl groups is 1. The van der Waals surface area contributed by atoms with Gasteiger partial charge in [0.2, 0.25) is 6.41 Å². The van der Waals surface area contributed by atoms with Crippen molar-refractivity contribution in [1.29, 1.82) is 0 Å². The molecule has 3 heterocycles. The van der Waals surface area contributed by atoms with Gasteiger partial charge < -0.3 is 20.5 Å². The number of halogens is 3. The zero-order valence-corrected chi connectivity index (χ0v) is 20.5. The second-order valence-electron chi connectivity index (χ2n) is 9.51. The summed E-state index contributed by atoms with van der Waals surface area (Å²) in [6.07, 6.45) is 1.17. The summed E-state index contributed by atoms with van der Waals surface area (Å²) in [5.74, 6) is 0.709. The number of aromatic nitrogens is 3. The molecule has 2 atom stereocenters. The molecule has 2 aromatic carbocycles. The Hall–Kier alpha value is -4.12. The van der Waals surface area contributed by atoms with Crippen molar-refractivity contribution >= 4 is 17.7 Å². The zero-order valence-electron chi connectivity index (χ0n) is 20.5. The molecule has 1 aliphatic heterocycles. The standard InChI is InChI=1S/C27H26F3N5O3/c1-26(37,20-5-2-6-21(14-20)38-27(28,29)30)19-9-7-17(8-10-19)22-23-24(31)32-11-13-35(23)25(33-22)18-4-3-12-34(15-18)16-36/h2,5-11,13-14,16,18,37H,3-4,12,15H2,1H3,(H2,31,32)/t18-,26+/m1/s1. The predicted octanol–water partition coefficient (Wildman–Crippen LogP) is 4.47. The van der Waals surface area contributed by atoms with Crippen molar-refractivity contribution in [2.75, 3.05) is 18.8 Å². The number of piperidine rings is 1. The molecule has 0 bridgehead atoms. The zero-order chi connectivity index (χ0) is 27.1. The predicted molar refractivity (Wildman–Crippen MR) is 134 cm³/mol. The molecule has 4 aromatic rings. The Morgan fingerprint density at radius 1 is 1.16 bits per heavy atom. The molecule has 0 radical (unpaired) electrons. The molecule has 0 spiro atoms. The highest BCUT2D eigenvalue weighted by Crippen LogP contribution is 2.36. The van der Waals surface area contributed by atoms with Gasteiger partial charge in [0.25, 0.3) is 0 Å². The van der Waals surface area contributed by atoms with Crippen molar-refractivity contribution in [3.8, 4) is 17.0 Å². The van der Waals surface area contributed by atoms with E-state index in [9.17, 15) is 23.1 Å². The van der Waals surface area contributed by atoms with Crippen molar-refractivity contribution in [1.82, 2.24) is 19.3 Å². The molecule has 3 N–H and O–H groups in total. The van der Waals surface area contributed by atoms with Crippen LogP contribution in [0.3, 0.4) is 0 Å². The van der Waals surface area contributed by atoms with E-state index in [1.54, 1.807) is 41.6 Å². The Labute approximate surface area is 216 Å². The minimum atomic E-state index is -4.84. The molecule has 1 amide bonds. The lowest BCUT2D eigenvalue weighted by Gasteiger charge is -2.29. The number of ether oxygens (including phenoxy) is 1. The van der Waals surface area contributed by atoms with Crippen molar-refractivity contribution in [2.45, 2.75) is 37.6 Å². The van der Waals surface area contributed by atoms with Crippen LogP contribution in [0.25, 0.3) is 16.8 Å². The number of nitrogen functional groups attached to an aromatic ring is 1. The van der Waals surface area contributed by atoms with Crippen LogP contribution in [0.4, 0.5) is 19.0 Å². The van der Waals surface area contributed by atoms with Gasteiger partial charge >= 0.3 is 6.36 Å². The normalized spacial score (nSPS) is 17.8. The number of carbonyl (C=O) groups is 1. The number of fused-ring (bicyclic) bond motifs is 1. The van der Waals surface area contributed by atoms with Crippen molar-refractivity contribution in [2.24, 2.45) is 0 Å². The van der Waals surface area contributed by atoms with Crippen LogP contribution < -0.4 is 10.5 Å². The maximum atomic E-state index is 12.7. The van der Waals surface area contributed by atoms with Crippen LogP contribution in [0.2, 0.25) is 0 Å². The Kier molecular flexibility index (Phi) is 6.47. The SMILES string of the molecule is C[C@](O)(c1ccc(-c2nc([C@@H]3CCCN(C=O)C3)n3ccnc(N)c23)cc1)c1cccc(OC(F)(F)F)c1. The number of hydrogen-bond acceptors (Lipinski definition) is 6. The average molecular weight is 526 g/mol. The van der Waals surface area contributed by atoms with Gasteiger partial charge in [0, 0.05) is 37.0 Å². The van der Waals surface area contributed by atoms with Gasteiger partial charge in [-0.2, -0.15) is 0 Å². The number of carbonyl (C=O) groups excluding carboxylic acids is 1. The van der Waals surface area contributed by atoms with Gasteiger partial charge in [-0.05, 0) is 43.0 Å². The minimum Gasteiger partial charge on any atom is -0.406 e. The molecule has 0 unspecified atom stereocenters. The minimum absolute atomic E-state index is 0.0307. The van der Waals surface area contributed by atoms with E-state index in [0.717, 1.165) is 36.7 Å². The number of likely N-dealkylation sites (tertiary alicyclic amines) is 1. The molecular formula is C27H26F3N5O3. The van der Waals surface area contributed by atoms with Crippen LogP contribution in [0.15, 0.2) is 60.9 Å². The summed E-state index contributed by atoms with van der Waals surface area (Å²) in [5.41, 5.74) is 7.35. The molecule has 2 aromatic heterocycles. The van der Waals surface area contributed by atoms with E-state index in [4.69, 9.17) is 10.7 Å². The molecule has 8 nitrogen and oxygen atoms in total. The van der Waals surface area contributed by atoms with Crippen LogP contribution in [-0.4, -0.2) is 50.2 Å². The summed E-state index contributed by atoms with van der Waals surface area (Å²) in [5, 5.41) is 11.3. The third kappa shape index (κ3) is 4.89. The molecule has 198 valence electrons. The van der Waals surface area contributed by atoms with E-state index >= 15 is 0 Å². The number of hydrogen-bond donors (Lipinski definition) is 2. The highest BCUT2D eigenvalue weighted by atomic mass is 19.4. The van der Waals surface area contributed by atoms with E-state index < -0.39 is 17.7 Å². The number of alkyl halides is 3. The van der Waals surface area contributed by atoms with Gasteiger partial charge in [-0.15, -0.1) is 13.2 Å². The first-order chi connectivity index (χ1) is 18.1. The first kappa shape index (κ1) is 25.5. The van der Waals surface area contributed by atoms with E-state index in [1.807, 2.05) is 4.40 Å².